The van der Waals surface area contributed by atoms with Gasteiger partial charge in [-0.25, -0.2) is 9.78 Å². The average molecular weight is 426 g/mol. The monoisotopic (exact) mass is 425 g/mol. The van der Waals surface area contributed by atoms with E-state index < -0.39 is 5.97 Å². The van der Waals surface area contributed by atoms with Gasteiger partial charge < -0.3 is 9.64 Å². The van der Waals surface area contributed by atoms with Crippen LogP contribution in [0.2, 0.25) is 0 Å². The molecule has 0 atom stereocenters. The van der Waals surface area contributed by atoms with Gasteiger partial charge in [-0.1, -0.05) is 48.5 Å². The summed E-state index contributed by atoms with van der Waals surface area (Å²) in [6.07, 6.45) is 0.858. The van der Waals surface area contributed by atoms with E-state index in [4.69, 9.17) is 4.74 Å². The van der Waals surface area contributed by atoms with E-state index in [2.05, 4.69) is 11.1 Å². The van der Waals surface area contributed by atoms with E-state index in [9.17, 15) is 14.9 Å². The first-order valence-electron chi connectivity index (χ1n) is 9.94. The number of hydrogen-bond acceptors (Lipinski definition) is 6. The van der Waals surface area contributed by atoms with Gasteiger partial charge in [0.15, 0.2) is 0 Å². The maximum absolute atomic E-state index is 12.8. The molecule has 1 aromatic carbocycles. The van der Waals surface area contributed by atoms with Gasteiger partial charge in [0.1, 0.15) is 11.1 Å². The molecular formula is C23H27N3O3S. The third kappa shape index (κ3) is 6.33. The highest BCUT2D eigenvalue weighted by Crippen LogP contribution is 2.24. The topological polar surface area (TPSA) is 83.3 Å². The molecule has 1 amide bonds. The molecule has 2 rings (SSSR count). The molecule has 0 N–H and O–H groups in total. The minimum absolute atomic E-state index is 0.0137. The van der Waals surface area contributed by atoms with Crippen molar-refractivity contribution in [1.29, 1.82) is 5.26 Å². The molecule has 0 saturated carbocycles. The number of thioether (sulfide) groups is 1. The normalized spacial score (nSPS) is 10.4. The number of hydrogen-bond donors (Lipinski definition) is 0. The summed E-state index contributed by atoms with van der Waals surface area (Å²) in [5.74, 6) is -0.342. The zero-order valence-corrected chi connectivity index (χ0v) is 18.7. The van der Waals surface area contributed by atoms with E-state index in [0.717, 1.165) is 12.0 Å². The molecule has 0 aliphatic carbocycles. The summed E-state index contributed by atoms with van der Waals surface area (Å²) in [6, 6.07) is 11.7. The Bertz CT molecular complexity index is 936. The van der Waals surface area contributed by atoms with Gasteiger partial charge in [0, 0.05) is 13.1 Å². The van der Waals surface area contributed by atoms with Crippen LogP contribution in [0.5, 0.6) is 0 Å². The molecule has 0 spiro atoms. The fourth-order valence-electron chi connectivity index (χ4n) is 2.89. The summed E-state index contributed by atoms with van der Waals surface area (Å²) in [5, 5.41) is 9.92. The lowest BCUT2D eigenvalue weighted by molar-refractivity contribution is -0.129. The SMILES string of the molecule is CCCN(Cc1ccc(C)cc1)C(=O)CSc1nc(C)c(C(=O)OCC)cc1C#N. The minimum atomic E-state index is -0.501. The number of ether oxygens (including phenoxy) is 1. The maximum Gasteiger partial charge on any atom is 0.340 e. The molecule has 0 aliphatic rings. The van der Waals surface area contributed by atoms with Crippen molar-refractivity contribution in [1.82, 2.24) is 9.88 Å². The van der Waals surface area contributed by atoms with Gasteiger partial charge in [-0.15, -0.1) is 0 Å². The van der Waals surface area contributed by atoms with Crippen molar-refractivity contribution in [3.63, 3.8) is 0 Å². The lowest BCUT2D eigenvalue weighted by atomic mass is 10.1. The highest BCUT2D eigenvalue weighted by Gasteiger charge is 2.19. The van der Waals surface area contributed by atoms with Crippen LogP contribution in [0.15, 0.2) is 35.4 Å². The van der Waals surface area contributed by atoms with Crippen LogP contribution in [-0.2, 0) is 16.1 Å². The van der Waals surface area contributed by atoms with Crippen LogP contribution in [-0.4, -0.2) is 40.7 Å². The molecule has 0 saturated heterocycles. The molecule has 0 fully saturated rings. The summed E-state index contributed by atoms with van der Waals surface area (Å²) in [5.41, 5.74) is 3.28. The number of amides is 1. The fourth-order valence-corrected chi connectivity index (χ4v) is 3.79. The van der Waals surface area contributed by atoms with Crippen LogP contribution in [0.25, 0.3) is 0 Å². The Hall–Kier alpha value is -2.85. The summed E-state index contributed by atoms with van der Waals surface area (Å²) >= 11 is 1.22. The Balaban J connectivity index is 2.12. The van der Waals surface area contributed by atoms with Gasteiger partial charge in [0.25, 0.3) is 0 Å². The molecule has 2 aromatic rings. The third-order valence-corrected chi connectivity index (χ3v) is 5.44. The standard InChI is InChI=1S/C23H27N3O3S/c1-5-11-26(14-18-9-7-16(3)8-10-18)21(27)15-30-22-19(13-24)12-20(17(4)25-22)23(28)29-6-2/h7-10,12H,5-6,11,14-15H2,1-4H3. The molecule has 1 aromatic heterocycles. The van der Waals surface area contributed by atoms with E-state index in [-0.39, 0.29) is 29.4 Å². The van der Waals surface area contributed by atoms with Gasteiger partial charge in [0.2, 0.25) is 5.91 Å². The first kappa shape index (κ1) is 23.4. The largest absolute Gasteiger partial charge is 0.462 e. The second-order valence-electron chi connectivity index (χ2n) is 6.90. The van der Waals surface area contributed by atoms with E-state index >= 15 is 0 Å². The molecule has 30 heavy (non-hydrogen) atoms. The first-order valence-corrected chi connectivity index (χ1v) is 10.9. The molecule has 7 heteroatoms. The zero-order valence-electron chi connectivity index (χ0n) is 17.9. The second kappa shape index (κ2) is 11.4. The number of esters is 1. The van der Waals surface area contributed by atoms with Crippen molar-refractivity contribution in [2.45, 2.75) is 45.7 Å². The number of benzene rings is 1. The van der Waals surface area contributed by atoms with Crippen molar-refractivity contribution in [2.24, 2.45) is 0 Å². The van der Waals surface area contributed by atoms with Crippen LogP contribution in [0, 0.1) is 25.2 Å². The van der Waals surface area contributed by atoms with Crippen LogP contribution in [0.3, 0.4) is 0 Å². The molecule has 158 valence electrons. The number of aryl methyl sites for hydroxylation is 2. The van der Waals surface area contributed by atoms with E-state index in [1.165, 1.54) is 23.4 Å². The summed E-state index contributed by atoms with van der Waals surface area (Å²) in [4.78, 5) is 31.1. The van der Waals surface area contributed by atoms with Gasteiger partial charge in [-0.3, -0.25) is 4.79 Å². The highest BCUT2D eigenvalue weighted by molar-refractivity contribution is 8.00. The molecule has 0 radical (unpaired) electrons. The predicted molar refractivity (Wildman–Crippen MR) is 117 cm³/mol. The van der Waals surface area contributed by atoms with Crippen molar-refractivity contribution < 1.29 is 14.3 Å². The van der Waals surface area contributed by atoms with Crippen molar-refractivity contribution in [3.05, 3.63) is 58.3 Å². The summed E-state index contributed by atoms with van der Waals surface area (Å²) in [7, 11) is 0. The number of rotatable bonds is 9. The molecule has 0 aliphatic heterocycles. The van der Waals surface area contributed by atoms with E-state index in [1.54, 1.807) is 13.8 Å². The predicted octanol–water partition coefficient (Wildman–Crippen LogP) is 4.28. The molecule has 0 unspecified atom stereocenters. The fraction of sp³-hybridized carbons (Fsp3) is 0.391. The Morgan fingerprint density at radius 1 is 1.20 bits per heavy atom. The number of nitriles is 1. The van der Waals surface area contributed by atoms with E-state index in [0.29, 0.717) is 23.8 Å². The number of nitrogens with zero attached hydrogens (tertiary/aromatic N) is 3. The molecule has 6 nitrogen and oxygen atoms in total. The number of carbonyl (C=O) groups is 2. The first-order chi connectivity index (χ1) is 14.4. The lowest BCUT2D eigenvalue weighted by Crippen LogP contribution is -2.32. The lowest BCUT2D eigenvalue weighted by Gasteiger charge is -2.22. The molecule has 0 bridgehead atoms. The third-order valence-electron chi connectivity index (χ3n) is 4.47. The number of carbonyl (C=O) groups excluding carboxylic acids is 2. The van der Waals surface area contributed by atoms with Gasteiger partial charge >= 0.3 is 5.97 Å². The van der Waals surface area contributed by atoms with Crippen molar-refractivity contribution >= 4 is 23.6 Å². The van der Waals surface area contributed by atoms with Crippen molar-refractivity contribution in [2.75, 3.05) is 18.9 Å². The number of aromatic nitrogens is 1. The average Bonchev–Trinajstić information content (AvgIpc) is 2.73. The molecule has 1 heterocycles. The Morgan fingerprint density at radius 3 is 2.50 bits per heavy atom. The Morgan fingerprint density at radius 2 is 1.90 bits per heavy atom. The van der Waals surface area contributed by atoms with Crippen LogP contribution < -0.4 is 0 Å². The minimum Gasteiger partial charge on any atom is -0.462 e. The Labute approximate surface area is 182 Å². The highest BCUT2D eigenvalue weighted by atomic mass is 32.2. The van der Waals surface area contributed by atoms with Gasteiger partial charge in [0.05, 0.1) is 29.2 Å². The smallest absolute Gasteiger partial charge is 0.340 e. The van der Waals surface area contributed by atoms with E-state index in [1.807, 2.05) is 43.0 Å². The van der Waals surface area contributed by atoms with Gasteiger partial charge in [-0.05, 0) is 38.8 Å². The zero-order chi connectivity index (χ0) is 22.1. The van der Waals surface area contributed by atoms with Crippen LogP contribution >= 0.6 is 11.8 Å². The van der Waals surface area contributed by atoms with Crippen molar-refractivity contribution in [3.8, 4) is 6.07 Å². The second-order valence-corrected chi connectivity index (χ2v) is 7.86. The summed E-state index contributed by atoms with van der Waals surface area (Å²) in [6.45, 7) is 8.94. The quantitative estimate of drug-likeness (QED) is 0.440. The maximum atomic E-state index is 12.8. The number of pyridine rings is 1. The summed E-state index contributed by atoms with van der Waals surface area (Å²) < 4.78 is 5.01. The molecular weight excluding hydrogens is 398 g/mol. The van der Waals surface area contributed by atoms with Crippen LogP contribution in [0.4, 0.5) is 0 Å². The van der Waals surface area contributed by atoms with Gasteiger partial charge in [-0.2, -0.15) is 5.26 Å². The van der Waals surface area contributed by atoms with Crippen LogP contribution in [0.1, 0.15) is 53.0 Å². The Kier molecular flexibility index (Phi) is 8.88.